The predicted molar refractivity (Wildman–Crippen MR) is 95.0 cm³/mol. The largest absolute Gasteiger partial charge is 0.450 e. The number of hydrogen-bond donors (Lipinski definition) is 2. The van der Waals surface area contributed by atoms with Crippen molar-refractivity contribution in [3.8, 4) is 0 Å². The summed E-state index contributed by atoms with van der Waals surface area (Å²) in [6.45, 7) is 1.81. The normalized spacial score (nSPS) is 10.1. The molecule has 0 fully saturated rings. The molecule has 126 valence electrons. The summed E-state index contributed by atoms with van der Waals surface area (Å²) in [6.07, 6.45) is 1.06. The molecule has 0 aliphatic heterocycles. The molecule has 0 unspecified atom stereocenters. The highest BCUT2D eigenvalue weighted by Gasteiger charge is 2.19. The minimum Gasteiger partial charge on any atom is -0.450 e. The number of nitrogens with one attached hydrogen (secondary N) is 2. The summed E-state index contributed by atoms with van der Waals surface area (Å²) in [4.78, 5) is 36.7. The lowest BCUT2D eigenvalue weighted by atomic mass is 10.2. The fourth-order valence-corrected chi connectivity index (χ4v) is 3.29. The van der Waals surface area contributed by atoms with Crippen molar-refractivity contribution in [3.63, 3.8) is 0 Å². The number of thiophene rings is 1. The van der Waals surface area contributed by atoms with Gasteiger partial charge < -0.3 is 10.1 Å². The standard InChI is InChI=1S/C16H16N2O4S2/c1-3-22-16(21)18-14(20)11-8-9-24-15(11)17-13(19)10-6-4-5-7-12(10)23-2/h4-9H,3H2,1-2H3,(H,17,19)(H,18,20,21). The van der Waals surface area contributed by atoms with Crippen LogP contribution in [0.25, 0.3) is 0 Å². The van der Waals surface area contributed by atoms with Crippen LogP contribution in [0.5, 0.6) is 0 Å². The fourth-order valence-electron chi connectivity index (χ4n) is 1.91. The minimum absolute atomic E-state index is 0.164. The Bertz CT molecular complexity index is 758. The summed E-state index contributed by atoms with van der Waals surface area (Å²) >= 11 is 2.67. The maximum atomic E-state index is 12.5. The molecule has 0 radical (unpaired) electrons. The SMILES string of the molecule is CCOC(=O)NC(=O)c1ccsc1NC(=O)c1ccccc1SC. The minimum atomic E-state index is -0.821. The molecule has 0 spiro atoms. The molecule has 0 saturated carbocycles. The maximum Gasteiger partial charge on any atom is 0.414 e. The van der Waals surface area contributed by atoms with E-state index in [2.05, 4.69) is 15.4 Å². The van der Waals surface area contributed by atoms with Gasteiger partial charge in [0.1, 0.15) is 5.00 Å². The van der Waals surface area contributed by atoms with Crippen LogP contribution in [-0.2, 0) is 4.74 Å². The van der Waals surface area contributed by atoms with E-state index >= 15 is 0 Å². The van der Waals surface area contributed by atoms with Gasteiger partial charge in [0.05, 0.1) is 17.7 Å². The molecule has 2 N–H and O–H groups in total. The second kappa shape index (κ2) is 8.51. The second-order valence-corrected chi connectivity index (χ2v) is 6.26. The number of carbonyl (C=O) groups is 3. The van der Waals surface area contributed by atoms with Crippen LogP contribution >= 0.6 is 23.1 Å². The molecule has 24 heavy (non-hydrogen) atoms. The monoisotopic (exact) mass is 364 g/mol. The van der Waals surface area contributed by atoms with Crippen LogP contribution in [0.3, 0.4) is 0 Å². The topological polar surface area (TPSA) is 84.5 Å². The lowest BCUT2D eigenvalue weighted by molar-refractivity contribution is 0.0926. The molecule has 0 bridgehead atoms. The molecule has 1 heterocycles. The molecular weight excluding hydrogens is 348 g/mol. The Hall–Kier alpha value is -2.32. The third-order valence-corrected chi connectivity index (χ3v) is 4.61. The predicted octanol–water partition coefficient (Wildman–Crippen LogP) is 3.61. The van der Waals surface area contributed by atoms with Crippen molar-refractivity contribution in [2.45, 2.75) is 11.8 Å². The van der Waals surface area contributed by atoms with Crippen LogP contribution in [0.15, 0.2) is 40.6 Å². The van der Waals surface area contributed by atoms with Gasteiger partial charge in [0.2, 0.25) is 0 Å². The van der Waals surface area contributed by atoms with Crippen molar-refractivity contribution in [1.82, 2.24) is 5.32 Å². The number of ether oxygens (including phenoxy) is 1. The van der Waals surface area contributed by atoms with Gasteiger partial charge in [0.25, 0.3) is 11.8 Å². The molecule has 0 atom stereocenters. The first-order chi connectivity index (χ1) is 11.6. The van der Waals surface area contributed by atoms with Crippen molar-refractivity contribution in [3.05, 3.63) is 46.8 Å². The van der Waals surface area contributed by atoms with Crippen LogP contribution < -0.4 is 10.6 Å². The van der Waals surface area contributed by atoms with E-state index in [1.807, 2.05) is 18.4 Å². The van der Waals surface area contributed by atoms with E-state index < -0.39 is 12.0 Å². The molecule has 1 aromatic carbocycles. The molecule has 3 amide bonds. The molecule has 0 aliphatic rings. The summed E-state index contributed by atoms with van der Waals surface area (Å²) in [5.41, 5.74) is 0.734. The third-order valence-electron chi connectivity index (χ3n) is 2.98. The van der Waals surface area contributed by atoms with Gasteiger partial charge in [-0.15, -0.1) is 23.1 Å². The number of thioether (sulfide) groups is 1. The molecule has 0 aliphatic carbocycles. The quantitative estimate of drug-likeness (QED) is 0.792. The van der Waals surface area contributed by atoms with E-state index in [1.54, 1.807) is 24.4 Å². The number of benzene rings is 1. The zero-order valence-corrected chi connectivity index (χ0v) is 14.8. The fraction of sp³-hybridized carbons (Fsp3) is 0.188. The van der Waals surface area contributed by atoms with Crippen molar-refractivity contribution in [1.29, 1.82) is 0 Å². The number of rotatable bonds is 5. The van der Waals surface area contributed by atoms with Crippen molar-refractivity contribution < 1.29 is 19.1 Å². The number of hydrogen-bond acceptors (Lipinski definition) is 6. The Kier molecular flexibility index (Phi) is 6.39. The molecule has 8 heteroatoms. The molecule has 1 aromatic heterocycles. The van der Waals surface area contributed by atoms with Crippen molar-refractivity contribution >= 4 is 46.0 Å². The highest BCUT2D eigenvalue weighted by Crippen LogP contribution is 2.26. The highest BCUT2D eigenvalue weighted by atomic mass is 32.2. The van der Waals surface area contributed by atoms with Crippen LogP contribution in [0.4, 0.5) is 9.80 Å². The van der Waals surface area contributed by atoms with E-state index in [-0.39, 0.29) is 18.1 Å². The Balaban J connectivity index is 2.14. The molecule has 2 rings (SSSR count). The van der Waals surface area contributed by atoms with Crippen LogP contribution in [0, 0.1) is 0 Å². The summed E-state index contributed by atoms with van der Waals surface area (Å²) < 4.78 is 4.67. The van der Waals surface area contributed by atoms with E-state index in [9.17, 15) is 14.4 Å². The Labute approximate surface area is 147 Å². The highest BCUT2D eigenvalue weighted by molar-refractivity contribution is 7.98. The number of alkyl carbamates (subject to hydrolysis) is 1. The summed E-state index contributed by atoms with van der Waals surface area (Å²) in [5, 5.41) is 6.87. The zero-order chi connectivity index (χ0) is 17.5. The lowest BCUT2D eigenvalue weighted by Crippen LogP contribution is -2.31. The molecule has 2 aromatic rings. The van der Waals surface area contributed by atoms with Gasteiger partial charge in [-0.25, -0.2) is 4.79 Å². The van der Waals surface area contributed by atoms with E-state index in [1.165, 1.54) is 29.2 Å². The molecular formula is C16H16N2O4S2. The van der Waals surface area contributed by atoms with Crippen molar-refractivity contribution in [2.75, 3.05) is 18.2 Å². The number of anilines is 1. The van der Waals surface area contributed by atoms with Gasteiger partial charge in [-0.2, -0.15) is 0 Å². The first kappa shape index (κ1) is 18.0. The van der Waals surface area contributed by atoms with Gasteiger partial charge >= 0.3 is 6.09 Å². The van der Waals surface area contributed by atoms with Gasteiger partial charge in [-0.1, -0.05) is 12.1 Å². The van der Waals surface area contributed by atoms with Gasteiger partial charge in [-0.3, -0.25) is 14.9 Å². The first-order valence-corrected chi connectivity index (χ1v) is 9.17. The van der Waals surface area contributed by atoms with Crippen LogP contribution in [0.2, 0.25) is 0 Å². The number of amides is 3. The van der Waals surface area contributed by atoms with Crippen LogP contribution in [-0.4, -0.2) is 30.8 Å². The van der Waals surface area contributed by atoms with E-state index in [0.717, 1.165) is 4.90 Å². The average Bonchev–Trinajstić information content (AvgIpc) is 3.03. The Morgan fingerprint density at radius 3 is 2.58 bits per heavy atom. The Morgan fingerprint density at radius 2 is 1.88 bits per heavy atom. The Morgan fingerprint density at radius 1 is 1.12 bits per heavy atom. The third kappa shape index (κ3) is 4.36. The van der Waals surface area contributed by atoms with Gasteiger partial charge in [-0.05, 0) is 36.8 Å². The number of imide groups is 1. The van der Waals surface area contributed by atoms with Gasteiger partial charge in [0.15, 0.2) is 0 Å². The average molecular weight is 364 g/mol. The van der Waals surface area contributed by atoms with Crippen LogP contribution in [0.1, 0.15) is 27.6 Å². The van der Waals surface area contributed by atoms with E-state index in [0.29, 0.717) is 10.6 Å². The van der Waals surface area contributed by atoms with Gasteiger partial charge in [0, 0.05) is 4.90 Å². The zero-order valence-electron chi connectivity index (χ0n) is 13.1. The maximum absolute atomic E-state index is 12.5. The summed E-state index contributed by atoms with van der Waals surface area (Å²) in [5.74, 6) is -0.935. The number of carbonyl (C=O) groups excluding carboxylic acids is 3. The first-order valence-electron chi connectivity index (χ1n) is 7.06. The smallest absolute Gasteiger partial charge is 0.414 e. The summed E-state index contributed by atoms with van der Waals surface area (Å²) in [7, 11) is 0. The molecule has 0 saturated heterocycles. The summed E-state index contributed by atoms with van der Waals surface area (Å²) in [6, 6.07) is 8.73. The molecule has 6 nitrogen and oxygen atoms in total. The van der Waals surface area contributed by atoms with E-state index in [4.69, 9.17) is 0 Å². The second-order valence-electron chi connectivity index (χ2n) is 4.49. The lowest BCUT2D eigenvalue weighted by Gasteiger charge is -2.09. The van der Waals surface area contributed by atoms with Crippen molar-refractivity contribution in [2.24, 2.45) is 0 Å².